The number of hydrogen-bond acceptors (Lipinski definition) is 16. The summed E-state index contributed by atoms with van der Waals surface area (Å²) in [7, 11) is 1.00. The van der Waals surface area contributed by atoms with Gasteiger partial charge in [0.15, 0.2) is 12.6 Å². The minimum atomic E-state index is -1.43. The highest BCUT2D eigenvalue weighted by Gasteiger charge is 2.48. The zero-order valence-electron chi connectivity index (χ0n) is 26.5. The third-order valence-electron chi connectivity index (χ3n) is 7.83. The third-order valence-corrected chi connectivity index (χ3v) is 7.83. The van der Waals surface area contributed by atoms with Gasteiger partial charge >= 0.3 is 0 Å². The molecule has 17 heteroatoms. The summed E-state index contributed by atoms with van der Waals surface area (Å²) >= 11 is 0. The number of hydrogen-bond donors (Lipinski definition) is 13. The molecule has 0 aromatic rings. The highest BCUT2D eigenvalue weighted by Crippen LogP contribution is 2.32. The number of aliphatic hydroxyl groups excluding tert-OH is 7. The van der Waals surface area contributed by atoms with Gasteiger partial charge in [-0.15, -0.1) is 0 Å². The van der Waals surface area contributed by atoms with Crippen LogP contribution in [-0.2, 0) is 19.0 Å². The van der Waals surface area contributed by atoms with E-state index in [0.717, 1.165) is 20.1 Å². The second-order valence-corrected chi connectivity index (χ2v) is 11.8. The molecule has 2 aliphatic carbocycles. The van der Waals surface area contributed by atoms with Crippen LogP contribution in [0.1, 0.15) is 58.3 Å². The topological polar surface area (TPSA) is 309 Å². The number of ether oxygens (including phenoxy) is 3. The van der Waals surface area contributed by atoms with Gasteiger partial charge in [-0.2, -0.15) is 0 Å². The second kappa shape index (κ2) is 21.7. The maximum absolute atomic E-state index is 12.3. The van der Waals surface area contributed by atoms with E-state index in [1.54, 1.807) is 0 Å². The first kappa shape index (κ1) is 41.9. The maximum Gasteiger partial charge on any atom is 0.252 e. The molecule has 0 aromatic carbocycles. The molecule has 2 heterocycles. The van der Waals surface area contributed by atoms with Crippen LogP contribution in [0.4, 0.5) is 0 Å². The molecule has 1 amide bonds. The van der Waals surface area contributed by atoms with Crippen LogP contribution in [0.2, 0.25) is 0 Å². The second-order valence-electron chi connectivity index (χ2n) is 11.8. The Morgan fingerprint density at radius 2 is 1.64 bits per heavy atom. The van der Waals surface area contributed by atoms with E-state index in [1.165, 1.54) is 0 Å². The molecule has 0 spiro atoms. The van der Waals surface area contributed by atoms with E-state index in [0.29, 0.717) is 32.4 Å². The smallest absolute Gasteiger partial charge is 0.252 e. The molecule has 45 heavy (non-hydrogen) atoms. The van der Waals surface area contributed by atoms with Gasteiger partial charge in [-0.25, -0.2) is 0 Å². The molecule has 2 saturated carbocycles. The fourth-order valence-corrected chi connectivity index (χ4v) is 5.31. The lowest BCUT2D eigenvalue weighted by atomic mass is 9.75. The number of carbonyl (C=O) groups excluding carboxylic acids is 1. The van der Waals surface area contributed by atoms with Crippen LogP contribution in [0.3, 0.4) is 0 Å². The number of aliphatic hydroxyl groups is 8. The first-order chi connectivity index (χ1) is 21.3. The molecule has 4 aliphatic rings. The number of rotatable bonds is 9. The molecule has 0 aromatic heterocycles. The average molecular weight is 658 g/mol. The van der Waals surface area contributed by atoms with Crippen molar-refractivity contribution in [2.45, 2.75) is 131 Å². The van der Waals surface area contributed by atoms with Gasteiger partial charge in [0.05, 0.1) is 37.6 Å². The van der Waals surface area contributed by atoms with E-state index >= 15 is 0 Å². The van der Waals surface area contributed by atoms with Crippen LogP contribution < -0.4 is 27.8 Å². The third kappa shape index (κ3) is 14.3. The number of nitrogens with one attached hydrogen (secondary N) is 2. The average Bonchev–Trinajstić information content (AvgIpc) is 2.99. The van der Waals surface area contributed by atoms with Gasteiger partial charge in [-0.05, 0) is 32.2 Å². The Balaban J connectivity index is 0.000000558. The lowest BCUT2D eigenvalue weighted by Crippen LogP contribution is -2.64. The van der Waals surface area contributed by atoms with Crippen LogP contribution in [0.25, 0.3) is 0 Å². The Morgan fingerprint density at radius 3 is 2.16 bits per heavy atom. The molecular formula is C28H59N5O12. The predicted octanol–water partition coefficient (Wildman–Crippen LogP) is -4.95. The molecule has 2 saturated heterocycles. The molecular weight excluding hydrogens is 598 g/mol. The van der Waals surface area contributed by atoms with Crippen molar-refractivity contribution in [2.75, 3.05) is 40.0 Å². The van der Waals surface area contributed by atoms with Gasteiger partial charge in [-0.1, -0.05) is 6.92 Å². The first-order valence-corrected chi connectivity index (χ1v) is 15.7. The van der Waals surface area contributed by atoms with Gasteiger partial charge < -0.3 is 82.9 Å². The Kier molecular flexibility index (Phi) is 20.2. The van der Waals surface area contributed by atoms with Gasteiger partial charge in [0.25, 0.3) is 5.91 Å². The minimum absolute atomic E-state index is 0.00618. The van der Waals surface area contributed by atoms with E-state index in [-0.39, 0.29) is 51.0 Å². The minimum Gasteiger partial charge on any atom is -0.400 e. The van der Waals surface area contributed by atoms with E-state index < -0.39 is 66.8 Å². The van der Waals surface area contributed by atoms with Gasteiger partial charge in [0.2, 0.25) is 0 Å². The summed E-state index contributed by atoms with van der Waals surface area (Å²) in [6.07, 6.45) is -2.61. The van der Waals surface area contributed by atoms with Crippen LogP contribution in [-0.4, -0.2) is 160 Å². The maximum atomic E-state index is 12.3. The summed E-state index contributed by atoms with van der Waals surface area (Å²) in [6, 6.07) is -1.07. The molecule has 0 radical (unpaired) electrons. The Bertz CT molecular complexity index is 785. The lowest BCUT2D eigenvalue weighted by Gasteiger charge is -2.44. The highest BCUT2D eigenvalue weighted by atomic mass is 16.7. The zero-order valence-corrected chi connectivity index (χ0v) is 26.5. The summed E-state index contributed by atoms with van der Waals surface area (Å²) in [6.45, 7) is 3.76. The fourth-order valence-electron chi connectivity index (χ4n) is 5.31. The van der Waals surface area contributed by atoms with Crippen LogP contribution in [0.15, 0.2) is 0 Å². The predicted molar refractivity (Wildman–Crippen MR) is 162 cm³/mol. The molecule has 10 atom stereocenters. The van der Waals surface area contributed by atoms with E-state index in [4.69, 9.17) is 52.2 Å². The van der Waals surface area contributed by atoms with Crippen molar-refractivity contribution in [3.05, 3.63) is 0 Å². The van der Waals surface area contributed by atoms with Crippen molar-refractivity contribution >= 4 is 5.91 Å². The molecule has 0 bridgehead atoms. The van der Waals surface area contributed by atoms with Crippen LogP contribution >= 0.6 is 0 Å². The quantitative estimate of drug-likeness (QED) is 0.103. The summed E-state index contributed by atoms with van der Waals surface area (Å²) in [4.78, 5) is 12.3. The Hall–Kier alpha value is -1.13. The highest BCUT2D eigenvalue weighted by molar-refractivity contribution is 5.86. The summed E-state index contributed by atoms with van der Waals surface area (Å²) in [5.74, 6) is -0.476. The first-order valence-electron chi connectivity index (χ1n) is 15.7. The summed E-state index contributed by atoms with van der Waals surface area (Å²) in [5, 5.41) is 78.9. The Morgan fingerprint density at radius 1 is 1.00 bits per heavy atom. The molecule has 17 nitrogen and oxygen atoms in total. The largest absolute Gasteiger partial charge is 0.400 e. The van der Waals surface area contributed by atoms with Crippen LogP contribution in [0.5, 0.6) is 0 Å². The number of carbonyl (C=O) groups is 1. The fraction of sp³-hybridized carbons (Fsp3) is 0.964. The van der Waals surface area contributed by atoms with E-state index in [1.807, 2.05) is 0 Å². The number of amides is 1. The van der Waals surface area contributed by atoms with Crippen molar-refractivity contribution in [3.8, 4) is 0 Å². The monoisotopic (exact) mass is 657 g/mol. The lowest BCUT2D eigenvalue weighted by molar-refractivity contribution is -0.255. The van der Waals surface area contributed by atoms with Gasteiger partial charge in [0, 0.05) is 64.0 Å². The van der Waals surface area contributed by atoms with Crippen molar-refractivity contribution in [3.63, 3.8) is 0 Å². The van der Waals surface area contributed by atoms with Crippen LogP contribution in [0, 0.1) is 0 Å². The zero-order chi connectivity index (χ0) is 34.2. The molecule has 268 valence electrons. The Labute approximate surface area is 265 Å². The normalized spacial score (nSPS) is 39.4. The number of nitrogens with two attached hydrogens (primary N) is 3. The molecule has 2 aliphatic heterocycles. The summed E-state index contributed by atoms with van der Waals surface area (Å²) in [5.41, 5.74) is 15.5. The van der Waals surface area contributed by atoms with Crippen molar-refractivity contribution in [2.24, 2.45) is 17.2 Å². The molecule has 4 rings (SSSR count). The van der Waals surface area contributed by atoms with Crippen molar-refractivity contribution in [1.29, 1.82) is 0 Å². The van der Waals surface area contributed by atoms with Gasteiger partial charge in [-0.3, -0.25) is 4.79 Å². The van der Waals surface area contributed by atoms with E-state index in [9.17, 15) is 20.1 Å². The summed E-state index contributed by atoms with van der Waals surface area (Å²) < 4.78 is 16.3. The molecule has 16 N–H and O–H groups in total. The van der Waals surface area contributed by atoms with Crippen molar-refractivity contribution in [1.82, 2.24) is 10.6 Å². The van der Waals surface area contributed by atoms with Gasteiger partial charge in [0.1, 0.15) is 17.8 Å². The standard InChI is InChI=1S/C19H36N4O7.C5H10O4.C3H9N.CH4O/c20-10-7-19(28,8-10)18(27)23-11-5-12(21)17(14(26)6-11)30-16-2-1-13(25)15(29-16)9-22-3-4-24;6-3-1-4(7)5(8)9-2-3;1-2-3-4;1-2/h10-17,22,24-26,28H,1-9,20-21H2,(H,23,27);3-8H,1-2H2;2-4H2,1H3;2H,1H3/t10?,11?,12?,13-,14?,15?,16+,17+,19?;;;/m0.../s1. The van der Waals surface area contributed by atoms with Crippen molar-refractivity contribution < 1.29 is 59.9 Å². The SMILES string of the molecule is CCCN.CO.NC1CC(O)(C(=O)NC2CC(N)[C@@H](O[C@@H]3CC[C@H](O)C(CNCCO)O3)C(O)C2)C1.OC1COC(O)C(O)C1. The van der Waals surface area contributed by atoms with E-state index in [2.05, 4.69) is 22.3 Å². The molecule has 7 unspecified atom stereocenters. The molecule has 4 fully saturated rings.